The molecular weight excluding hydrogens is 514 g/mol. The highest BCUT2D eigenvalue weighted by Crippen LogP contribution is 2.42. The van der Waals surface area contributed by atoms with E-state index in [9.17, 15) is 15.0 Å². The summed E-state index contributed by atoms with van der Waals surface area (Å²) in [4.78, 5) is 11.9. The van der Waals surface area contributed by atoms with Crippen LogP contribution in [-0.2, 0) is 19.8 Å². The molecule has 0 saturated carbocycles. The van der Waals surface area contributed by atoms with Gasteiger partial charge in [0, 0.05) is 11.5 Å². The smallest absolute Gasteiger partial charge is 0.489 e. The predicted octanol–water partition coefficient (Wildman–Crippen LogP) is 6.49. The second-order valence-corrected chi connectivity index (χ2v) is 9.56. The van der Waals surface area contributed by atoms with Gasteiger partial charge in [0.15, 0.2) is 0 Å². The molecule has 0 saturated heterocycles. The van der Waals surface area contributed by atoms with Crippen molar-refractivity contribution in [3.63, 3.8) is 0 Å². The topological polar surface area (TPSA) is 107 Å². The number of nitrogens with zero attached hydrogens (tertiary/aromatic N) is 3. The number of rotatable bonds is 8. The third-order valence-electron chi connectivity index (χ3n) is 6.50. The Labute approximate surface area is 227 Å². The second kappa shape index (κ2) is 10.6. The van der Waals surface area contributed by atoms with Crippen LogP contribution in [0.1, 0.15) is 16.7 Å². The maximum absolute atomic E-state index is 11.9. The van der Waals surface area contributed by atoms with E-state index in [4.69, 9.17) is 9.47 Å². The molecule has 9 heteroatoms. The van der Waals surface area contributed by atoms with Gasteiger partial charge in [-0.3, -0.25) is 0 Å². The molecule has 0 radical (unpaired) electrons. The highest BCUT2D eigenvalue weighted by atomic mass is 32.1. The number of carbonyl (C=O) groups is 1. The van der Waals surface area contributed by atoms with Crippen LogP contribution in [0.5, 0.6) is 11.6 Å². The molecule has 0 amide bonds. The van der Waals surface area contributed by atoms with Crippen LogP contribution in [0.15, 0.2) is 91.0 Å². The van der Waals surface area contributed by atoms with Crippen LogP contribution in [0.3, 0.4) is 0 Å². The number of aromatic nitrogens is 3. The fraction of sp³-hybridized carbons (Fsp3) is 0.100. The summed E-state index contributed by atoms with van der Waals surface area (Å²) in [6.45, 7) is 0.647. The van der Waals surface area contributed by atoms with E-state index in [1.807, 2.05) is 95.6 Å². The van der Waals surface area contributed by atoms with Gasteiger partial charge in [-0.25, -0.2) is 4.79 Å². The third kappa shape index (κ3) is 5.05. The molecule has 0 bridgehead atoms. The first-order valence-electron chi connectivity index (χ1n) is 12.2. The maximum atomic E-state index is 11.9. The number of carboxylic acid groups (broad SMARTS) is 1. The van der Waals surface area contributed by atoms with Crippen molar-refractivity contribution in [2.24, 2.45) is 0 Å². The molecular formula is C30H23N3O5S. The lowest BCUT2D eigenvalue weighted by molar-refractivity contribution is 0.141. The predicted molar refractivity (Wildman–Crippen MR) is 149 cm³/mol. The van der Waals surface area contributed by atoms with E-state index >= 15 is 0 Å². The van der Waals surface area contributed by atoms with E-state index in [-0.39, 0.29) is 12.5 Å². The van der Waals surface area contributed by atoms with E-state index < -0.39 is 6.16 Å². The van der Waals surface area contributed by atoms with Crippen LogP contribution >= 0.6 is 11.7 Å². The zero-order chi connectivity index (χ0) is 26.8. The minimum absolute atomic E-state index is 0.0867. The average molecular weight is 538 g/mol. The molecule has 194 valence electrons. The SMILES string of the molecule is O=C(O)Oc1c(-c2ccc(CO)cc2)c2ccc(OCc3ccccc3)cc2n1Cc1ccc2nsnc2c1. The van der Waals surface area contributed by atoms with E-state index in [0.29, 0.717) is 24.5 Å². The molecule has 2 N–H and O–H groups in total. The van der Waals surface area contributed by atoms with Gasteiger partial charge in [0.2, 0.25) is 5.88 Å². The molecule has 0 aliphatic carbocycles. The molecule has 0 aliphatic rings. The molecule has 0 spiro atoms. The first-order valence-corrected chi connectivity index (χ1v) is 13.0. The molecule has 0 fully saturated rings. The Kier molecular flexibility index (Phi) is 6.66. The molecule has 39 heavy (non-hydrogen) atoms. The van der Waals surface area contributed by atoms with Gasteiger partial charge in [0.05, 0.1) is 36.0 Å². The summed E-state index contributed by atoms with van der Waals surface area (Å²) >= 11 is 1.15. The quantitative estimate of drug-likeness (QED) is 0.214. The lowest BCUT2D eigenvalue weighted by Crippen LogP contribution is -2.10. The maximum Gasteiger partial charge on any atom is 0.512 e. The highest BCUT2D eigenvalue weighted by Gasteiger charge is 2.23. The second-order valence-electron chi connectivity index (χ2n) is 9.03. The van der Waals surface area contributed by atoms with Gasteiger partial charge in [-0.2, -0.15) is 8.75 Å². The Morgan fingerprint density at radius 1 is 0.846 bits per heavy atom. The molecule has 2 heterocycles. The van der Waals surface area contributed by atoms with Gasteiger partial charge >= 0.3 is 6.16 Å². The fourth-order valence-corrected chi connectivity index (χ4v) is 5.16. The van der Waals surface area contributed by atoms with Crippen molar-refractivity contribution in [3.8, 4) is 22.8 Å². The zero-order valence-corrected chi connectivity index (χ0v) is 21.5. The van der Waals surface area contributed by atoms with Gasteiger partial charge in [-0.15, -0.1) is 0 Å². The number of fused-ring (bicyclic) bond motifs is 2. The van der Waals surface area contributed by atoms with E-state index in [1.54, 1.807) is 0 Å². The van der Waals surface area contributed by atoms with Crippen LogP contribution in [0.25, 0.3) is 33.1 Å². The zero-order valence-electron chi connectivity index (χ0n) is 20.7. The molecule has 4 aromatic carbocycles. The Bertz CT molecular complexity index is 1780. The van der Waals surface area contributed by atoms with Gasteiger partial charge in [-0.05, 0) is 46.5 Å². The van der Waals surface area contributed by atoms with Crippen molar-refractivity contribution in [3.05, 3.63) is 108 Å². The highest BCUT2D eigenvalue weighted by molar-refractivity contribution is 7.00. The molecule has 6 rings (SSSR count). The third-order valence-corrected chi connectivity index (χ3v) is 7.06. The summed E-state index contributed by atoms with van der Waals surface area (Å²) in [7, 11) is 0. The summed E-state index contributed by atoms with van der Waals surface area (Å²) in [5.41, 5.74) is 6.47. The van der Waals surface area contributed by atoms with Crippen LogP contribution in [0.2, 0.25) is 0 Å². The lowest BCUT2D eigenvalue weighted by Gasteiger charge is -2.12. The van der Waals surface area contributed by atoms with Gasteiger partial charge in [0.25, 0.3) is 0 Å². The molecule has 2 aromatic heterocycles. The minimum atomic E-state index is -1.41. The van der Waals surface area contributed by atoms with E-state index in [2.05, 4.69) is 8.75 Å². The van der Waals surface area contributed by atoms with Gasteiger partial charge < -0.3 is 24.3 Å². The first-order chi connectivity index (χ1) is 19.1. The van der Waals surface area contributed by atoms with E-state index in [1.165, 1.54) is 0 Å². The number of ether oxygens (including phenoxy) is 2. The number of hydrogen-bond acceptors (Lipinski definition) is 7. The summed E-state index contributed by atoms with van der Waals surface area (Å²) in [6.07, 6.45) is -1.41. The van der Waals surface area contributed by atoms with Crippen molar-refractivity contribution in [1.29, 1.82) is 0 Å². The van der Waals surface area contributed by atoms with Crippen molar-refractivity contribution in [2.45, 2.75) is 19.8 Å². The van der Waals surface area contributed by atoms with Crippen molar-refractivity contribution >= 4 is 39.8 Å². The van der Waals surface area contributed by atoms with Crippen LogP contribution in [0.4, 0.5) is 4.79 Å². The minimum Gasteiger partial charge on any atom is -0.489 e. The molecule has 0 aliphatic heterocycles. The monoisotopic (exact) mass is 537 g/mol. The number of aliphatic hydroxyl groups is 1. The van der Waals surface area contributed by atoms with Crippen molar-refractivity contribution < 1.29 is 24.5 Å². The number of hydrogen-bond donors (Lipinski definition) is 2. The van der Waals surface area contributed by atoms with E-state index in [0.717, 1.165) is 55.9 Å². The molecule has 0 unspecified atom stereocenters. The summed E-state index contributed by atoms with van der Waals surface area (Å²) in [5, 5.41) is 20.0. The number of benzene rings is 4. The molecule has 6 aromatic rings. The standard InChI is InChI=1S/C30H23N3O5S/c34-17-19-6-9-22(10-7-19)28-24-12-11-23(37-18-20-4-2-1-3-5-20)15-27(24)33(29(28)38-30(35)36)16-21-8-13-25-26(14-21)32-39-31-25/h1-15,34H,16-18H2,(H,35,36). The number of aliphatic hydroxyl groups excluding tert-OH is 1. The van der Waals surface area contributed by atoms with Crippen molar-refractivity contribution in [2.75, 3.05) is 0 Å². The van der Waals surface area contributed by atoms with Crippen LogP contribution < -0.4 is 9.47 Å². The summed E-state index contributed by atoms with van der Waals surface area (Å²) in [6, 6.07) is 28.7. The Hall–Kier alpha value is -4.73. The first kappa shape index (κ1) is 24.6. The average Bonchev–Trinajstić information content (AvgIpc) is 3.54. The van der Waals surface area contributed by atoms with Gasteiger partial charge in [-0.1, -0.05) is 60.7 Å². The lowest BCUT2D eigenvalue weighted by atomic mass is 10.0. The summed E-state index contributed by atoms with van der Waals surface area (Å²) < 4.78 is 22.0. The molecule has 8 nitrogen and oxygen atoms in total. The van der Waals surface area contributed by atoms with Gasteiger partial charge in [0.1, 0.15) is 23.4 Å². The van der Waals surface area contributed by atoms with Crippen LogP contribution in [-0.4, -0.2) is 29.7 Å². The fourth-order valence-electron chi connectivity index (χ4n) is 4.65. The molecule has 0 atom stereocenters. The van der Waals surface area contributed by atoms with Crippen molar-refractivity contribution in [1.82, 2.24) is 13.3 Å². The van der Waals surface area contributed by atoms with Crippen LogP contribution in [0, 0.1) is 0 Å². The Morgan fingerprint density at radius 3 is 2.38 bits per heavy atom. The normalized spacial score (nSPS) is 11.2. The Morgan fingerprint density at radius 2 is 1.62 bits per heavy atom. The Balaban J connectivity index is 1.50. The summed E-state index contributed by atoms with van der Waals surface area (Å²) in [5.74, 6) is 0.847. The largest absolute Gasteiger partial charge is 0.512 e.